The molecular formula is C11H13N3O4. The monoisotopic (exact) mass is 251 g/mol. The number of carbonyl (C=O) groups is 1. The summed E-state index contributed by atoms with van der Waals surface area (Å²) in [5.41, 5.74) is 0.286. The third kappa shape index (κ3) is 2.95. The van der Waals surface area contributed by atoms with Gasteiger partial charge in [-0.05, 0) is 18.9 Å². The predicted molar refractivity (Wildman–Crippen MR) is 64.3 cm³/mol. The molecule has 2 rings (SSSR count). The van der Waals surface area contributed by atoms with Gasteiger partial charge in [0, 0.05) is 23.9 Å². The van der Waals surface area contributed by atoms with E-state index in [1.165, 1.54) is 18.2 Å². The molecule has 0 saturated heterocycles. The summed E-state index contributed by atoms with van der Waals surface area (Å²) < 4.78 is 0. The lowest BCUT2D eigenvalue weighted by atomic mass is 9.90. The van der Waals surface area contributed by atoms with E-state index < -0.39 is 11.0 Å². The molecule has 1 aliphatic rings. The molecule has 0 bridgehead atoms. The second-order valence-electron chi connectivity index (χ2n) is 4.23. The zero-order chi connectivity index (χ0) is 13.1. The fourth-order valence-corrected chi connectivity index (χ4v) is 1.76. The normalized spacial score (nSPS) is 21.8. The molecule has 0 aromatic heterocycles. The maximum Gasteiger partial charge on any atom is 0.319 e. The van der Waals surface area contributed by atoms with E-state index in [-0.39, 0.29) is 17.8 Å². The molecule has 7 heteroatoms. The third-order valence-electron chi connectivity index (χ3n) is 2.76. The number of hydrogen-bond donors (Lipinski definition) is 3. The summed E-state index contributed by atoms with van der Waals surface area (Å²) in [6.07, 6.45) is 0.748. The maximum absolute atomic E-state index is 11.5. The summed E-state index contributed by atoms with van der Waals surface area (Å²) in [6, 6.07) is 5.26. The molecule has 1 fully saturated rings. The Kier molecular flexibility index (Phi) is 3.42. The van der Waals surface area contributed by atoms with Crippen LogP contribution in [0.4, 0.5) is 16.2 Å². The summed E-state index contributed by atoms with van der Waals surface area (Å²) >= 11 is 0. The van der Waals surface area contributed by atoms with Gasteiger partial charge in [0.15, 0.2) is 0 Å². The molecule has 1 aromatic carbocycles. The first-order valence-corrected chi connectivity index (χ1v) is 5.54. The van der Waals surface area contributed by atoms with Gasteiger partial charge in [0.05, 0.1) is 11.0 Å². The molecule has 0 heterocycles. The van der Waals surface area contributed by atoms with Gasteiger partial charge < -0.3 is 15.7 Å². The van der Waals surface area contributed by atoms with Gasteiger partial charge in [0.2, 0.25) is 0 Å². The minimum atomic E-state index is -0.522. The Labute approximate surface area is 103 Å². The Bertz CT molecular complexity index is 471. The molecule has 7 nitrogen and oxygen atoms in total. The van der Waals surface area contributed by atoms with Gasteiger partial charge in [-0.25, -0.2) is 4.79 Å². The number of rotatable bonds is 3. The molecule has 0 spiro atoms. The van der Waals surface area contributed by atoms with Crippen LogP contribution in [0.15, 0.2) is 24.3 Å². The second-order valence-corrected chi connectivity index (χ2v) is 4.23. The number of anilines is 1. The maximum atomic E-state index is 11.5. The van der Waals surface area contributed by atoms with Gasteiger partial charge >= 0.3 is 6.03 Å². The predicted octanol–water partition coefficient (Wildman–Crippen LogP) is 1.24. The Morgan fingerprint density at radius 1 is 1.44 bits per heavy atom. The van der Waals surface area contributed by atoms with E-state index in [9.17, 15) is 14.9 Å². The standard InChI is InChI=1S/C11H13N3O4/c15-10-5-8(6-10)13-11(16)12-7-2-1-3-9(4-7)14(17)18/h1-4,8,10,15H,5-6H2,(H2,12,13,16). The van der Waals surface area contributed by atoms with Crippen LogP contribution in [-0.4, -0.2) is 28.2 Å². The van der Waals surface area contributed by atoms with Crippen molar-refractivity contribution < 1.29 is 14.8 Å². The van der Waals surface area contributed by atoms with Crippen LogP contribution < -0.4 is 10.6 Å². The number of urea groups is 1. The number of nitro benzene ring substituents is 1. The zero-order valence-corrected chi connectivity index (χ0v) is 9.50. The number of carbonyl (C=O) groups excluding carboxylic acids is 1. The number of aliphatic hydroxyl groups is 1. The molecule has 3 N–H and O–H groups in total. The van der Waals surface area contributed by atoms with Crippen molar-refractivity contribution in [2.45, 2.75) is 25.0 Å². The summed E-state index contributed by atoms with van der Waals surface area (Å²) in [7, 11) is 0. The van der Waals surface area contributed by atoms with Crippen LogP contribution in [0, 0.1) is 10.1 Å². The minimum Gasteiger partial charge on any atom is -0.393 e. The quantitative estimate of drug-likeness (QED) is 0.555. The van der Waals surface area contributed by atoms with Crippen LogP contribution in [-0.2, 0) is 0 Å². The van der Waals surface area contributed by atoms with Crippen LogP contribution in [0.5, 0.6) is 0 Å². The van der Waals surface area contributed by atoms with Crippen molar-refractivity contribution in [3.05, 3.63) is 34.4 Å². The first-order chi connectivity index (χ1) is 8.54. The van der Waals surface area contributed by atoms with E-state index in [1.54, 1.807) is 6.07 Å². The van der Waals surface area contributed by atoms with Crippen molar-refractivity contribution in [3.63, 3.8) is 0 Å². The largest absolute Gasteiger partial charge is 0.393 e. The Hall–Kier alpha value is -2.15. The molecule has 1 saturated carbocycles. The molecule has 96 valence electrons. The van der Waals surface area contributed by atoms with Crippen molar-refractivity contribution >= 4 is 17.4 Å². The summed E-state index contributed by atoms with van der Waals surface area (Å²) in [5, 5.41) is 24.8. The number of hydrogen-bond acceptors (Lipinski definition) is 4. The number of nitrogens with one attached hydrogen (secondary N) is 2. The van der Waals surface area contributed by atoms with E-state index in [0.29, 0.717) is 18.5 Å². The van der Waals surface area contributed by atoms with Gasteiger partial charge in [-0.15, -0.1) is 0 Å². The number of amides is 2. The number of nitrogens with zero attached hydrogens (tertiary/aromatic N) is 1. The third-order valence-corrected chi connectivity index (χ3v) is 2.76. The molecule has 0 radical (unpaired) electrons. The average Bonchev–Trinajstić information content (AvgIpc) is 2.27. The molecule has 18 heavy (non-hydrogen) atoms. The van der Waals surface area contributed by atoms with Crippen molar-refractivity contribution in [2.75, 3.05) is 5.32 Å². The van der Waals surface area contributed by atoms with E-state index in [1.807, 2.05) is 0 Å². The molecule has 2 amide bonds. The summed E-state index contributed by atoms with van der Waals surface area (Å²) in [5.74, 6) is 0. The SMILES string of the molecule is O=C(Nc1cccc([N+](=O)[O-])c1)NC1CC(O)C1. The highest BCUT2D eigenvalue weighted by atomic mass is 16.6. The molecule has 1 aliphatic carbocycles. The van der Waals surface area contributed by atoms with E-state index in [2.05, 4.69) is 10.6 Å². The number of benzene rings is 1. The molecule has 0 unspecified atom stereocenters. The van der Waals surface area contributed by atoms with Crippen LogP contribution in [0.1, 0.15) is 12.8 Å². The van der Waals surface area contributed by atoms with Crippen LogP contribution in [0.25, 0.3) is 0 Å². The molecule has 0 atom stereocenters. The van der Waals surface area contributed by atoms with Crippen LogP contribution in [0.2, 0.25) is 0 Å². The van der Waals surface area contributed by atoms with Crippen molar-refractivity contribution in [1.82, 2.24) is 5.32 Å². The van der Waals surface area contributed by atoms with Crippen molar-refractivity contribution in [3.8, 4) is 0 Å². The van der Waals surface area contributed by atoms with Crippen molar-refractivity contribution in [2.24, 2.45) is 0 Å². The fraction of sp³-hybridized carbons (Fsp3) is 0.364. The number of non-ortho nitro benzene ring substituents is 1. The Morgan fingerprint density at radius 2 is 2.17 bits per heavy atom. The van der Waals surface area contributed by atoms with Gasteiger partial charge in [-0.2, -0.15) is 0 Å². The first kappa shape index (κ1) is 12.3. The van der Waals surface area contributed by atoms with Crippen LogP contribution in [0.3, 0.4) is 0 Å². The minimum absolute atomic E-state index is 0.0290. The first-order valence-electron chi connectivity index (χ1n) is 5.54. The highest BCUT2D eigenvalue weighted by Crippen LogP contribution is 2.20. The summed E-state index contributed by atoms with van der Waals surface area (Å²) in [6.45, 7) is 0. The van der Waals surface area contributed by atoms with E-state index in [0.717, 1.165) is 0 Å². The lowest BCUT2D eigenvalue weighted by molar-refractivity contribution is -0.384. The second kappa shape index (κ2) is 5.01. The number of nitro groups is 1. The topological polar surface area (TPSA) is 104 Å². The van der Waals surface area contributed by atoms with E-state index in [4.69, 9.17) is 5.11 Å². The zero-order valence-electron chi connectivity index (χ0n) is 9.50. The molecular weight excluding hydrogens is 238 g/mol. The lowest BCUT2D eigenvalue weighted by Gasteiger charge is -2.31. The Morgan fingerprint density at radius 3 is 2.78 bits per heavy atom. The number of aliphatic hydroxyl groups excluding tert-OH is 1. The molecule has 1 aromatic rings. The average molecular weight is 251 g/mol. The lowest BCUT2D eigenvalue weighted by Crippen LogP contribution is -2.48. The summed E-state index contributed by atoms with van der Waals surface area (Å²) in [4.78, 5) is 21.6. The van der Waals surface area contributed by atoms with Gasteiger partial charge in [-0.1, -0.05) is 6.07 Å². The van der Waals surface area contributed by atoms with Crippen molar-refractivity contribution in [1.29, 1.82) is 0 Å². The van der Waals surface area contributed by atoms with Gasteiger partial charge in [-0.3, -0.25) is 10.1 Å². The van der Waals surface area contributed by atoms with Gasteiger partial charge in [0.25, 0.3) is 5.69 Å². The highest BCUT2D eigenvalue weighted by molar-refractivity contribution is 5.89. The van der Waals surface area contributed by atoms with Crippen LogP contribution >= 0.6 is 0 Å². The highest BCUT2D eigenvalue weighted by Gasteiger charge is 2.28. The molecule has 0 aliphatic heterocycles. The fourth-order valence-electron chi connectivity index (χ4n) is 1.76. The Balaban J connectivity index is 1.90. The van der Waals surface area contributed by atoms with E-state index >= 15 is 0 Å². The smallest absolute Gasteiger partial charge is 0.319 e. The van der Waals surface area contributed by atoms with Gasteiger partial charge in [0.1, 0.15) is 0 Å².